The van der Waals surface area contributed by atoms with Gasteiger partial charge in [0.2, 0.25) is 0 Å². The first-order valence-corrected chi connectivity index (χ1v) is 9.96. The van der Waals surface area contributed by atoms with Gasteiger partial charge in [0.05, 0.1) is 17.3 Å². The van der Waals surface area contributed by atoms with E-state index in [4.69, 9.17) is 17.0 Å². The summed E-state index contributed by atoms with van der Waals surface area (Å²) in [5.74, 6) is 0.766. The summed E-state index contributed by atoms with van der Waals surface area (Å²) in [6.07, 6.45) is 0. The van der Waals surface area contributed by atoms with Crippen LogP contribution in [-0.2, 0) is 4.57 Å². The third-order valence-electron chi connectivity index (χ3n) is 3.37. The van der Waals surface area contributed by atoms with Crippen molar-refractivity contribution in [3.05, 3.63) is 24.3 Å². The monoisotopic (exact) mass is 329 g/mol. The highest BCUT2D eigenvalue weighted by Crippen LogP contribution is 2.69. The van der Waals surface area contributed by atoms with E-state index in [9.17, 15) is 4.57 Å². The van der Waals surface area contributed by atoms with Crippen LogP contribution in [0.15, 0.2) is 24.3 Å². The number of methoxy groups -OCH3 is 1. The molecule has 20 heavy (non-hydrogen) atoms. The zero-order valence-corrected chi connectivity index (χ0v) is 14.9. The summed E-state index contributed by atoms with van der Waals surface area (Å²) in [5, 5.41) is 0.912. The zero-order valence-electron chi connectivity index (χ0n) is 12.4. The van der Waals surface area contributed by atoms with Crippen LogP contribution in [0.25, 0.3) is 0 Å². The fraction of sp³-hybridized carbons (Fsp3) is 0.500. The molecule has 2 rings (SSSR count). The van der Waals surface area contributed by atoms with E-state index in [1.807, 2.05) is 31.3 Å². The van der Waals surface area contributed by atoms with Crippen molar-refractivity contribution >= 4 is 40.4 Å². The number of ether oxygens (including phenoxy) is 1. The molecule has 6 heteroatoms. The fourth-order valence-electron chi connectivity index (χ4n) is 2.09. The van der Waals surface area contributed by atoms with Crippen LogP contribution in [0.3, 0.4) is 0 Å². The molecule has 1 aliphatic rings. The Hall–Kier alpha value is -0.510. The van der Waals surface area contributed by atoms with Gasteiger partial charge < -0.3 is 9.41 Å². The van der Waals surface area contributed by atoms with Crippen LogP contribution in [-0.4, -0.2) is 29.1 Å². The van der Waals surface area contributed by atoms with Crippen molar-refractivity contribution in [2.75, 3.05) is 14.2 Å². The Labute approximate surface area is 130 Å². The predicted molar refractivity (Wildman–Crippen MR) is 91.4 cm³/mol. The SMILES string of the molecule is COc1ccc([P@]2(=O)S[C@@H](C(C)(C)C)C(=S)N2C)cc1. The maximum absolute atomic E-state index is 13.4. The van der Waals surface area contributed by atoms with E-state index < -0.39 is 6.49 Å². The molecule has 0 bridgehead atoms. The molecule has 2 atom stereocenters. The minimum Gasteiger partial charge on any atom is -0.497 e. The van der Waals surface area contributed by atoms with Gasteiger partial charge in [-0.3, -0.25) is 4.57 Å². The molecule has 1 fully saturated rings. The Bertz CT molecular complexity index is 566. The number of hydrogen-bond acceptors (Lipinski definition) is 4. The van der Waals surface area contributed by atoms with Crippen molar-refractivity contribution in [1.82, 2.24) is 4.67 Å². The van der Waals surface area contributed by atoms with Gasteiger partial charge in [-0.1, -0.05) is 44.4 Å². The van der Waals surface area contributed by atoms with Crippen molar-refractivity contribution in [3.8, 4) is 5.75 Å². The maximum Gasteiger partial charge on any atom is 0.255 e. The van der Waals surface area contributed by atoms with Gasteiger partial charge in [0.25, 0.3) is 6.49 Å². The first-order chi connectivity index (χ1) is 9.20. The summed E-state index contributed by atoms with van der Waals surface area (Å²) < 4.78 is 20.3. The molecule has 0 saturated carbocycles. The molecule has 0 spiro atoms. The minimum absolute atomic E-state index is 0.00532. The van der Waals surface area contributed by atoms with Gasteiger partial charge in [0, 0.05) is 12.4 Å². The average molecular weight is 329 g/mol. The Morgan fingerprint density at radius 2 is 1.85 bits per heavy atom. The van der Waals surface area contributed by atoms with Crippen molar-refractivity contribution < 1.29 is 9.30 Å². The number of rotatable bonds is 2. The van der Waals surface area contributed by atoms with Crippen LogP contribution in [0.2, 0.25) is 0 Å². The van der Waals surface area contributed by atoms with Crippen LogP contribution in [0.4, 0.5) is 0 Å². The Morgan fingerprint density at radius 1 is 1.30 bits per heavy atom. The highest BCUT2D eigenvalue weighted by atomic mass is 32.7. The second-order valence-electron chi connectivity index (χ2n) is 5.93. The lowest BCUT2D eigenvalue weighted by Crippen LogP contribution is -2.32. The predicted octanol–water partition coefficient (Wildman–Crippen LogP) is 3.93. The van der Waals surface area contributed by atoms with Crippen LogP contribution in [0.5, 0.6) is 5.75 Å². The minimum atomic E-state index is -2.70. The molecule has 0 amide bonds. The zero-order chi connectivity index (χ0) is 15.1. The number of benzene rings is 1. The van der Waals surface area contributed by atoms with Gasteiger partial charge >= 0.3 is 0 Å². The molecular formula is C14H20NO2PS2. The standard InChI is InChI=1S/C14H20NO2PS2/c1-14(2,3)12-13(19)15(4)18(16,20-12)11-8-6-10(17-5)7-9-11/h6-9,12H,1-5H3/t12-,18+/m1/s1. The Morgan fingerprint density at radius 3 is 2.25 bits per heavy atom. The highest BCUT2D eigenvalue weighted by molar-refractivity contribution is 8.61. The number of hydrogen-bond donors (Lipinski definition) is 0. The van der Waals surface area contributed by atoms with Gasteiger partial charge in [-0.25, -0.2) is 0 Å². The third kappa shape index (κ3) is 2.63. The number of nitrogens with zero attached hydrogens (tertiary/aromatic N) is 1. The molecule has 0 radical (unpaired) electrons. The molecule has 0 aliphatic carbocycles. The lowest BCUT2D eigenvalue weighted by atomic mass is 9.91. The molecule has 110 valence electrons. The third-order valence-corrected chi connectivity index (χ3v) is 10.4. The highest BCUT2D eigenvalue weighted by Gasteiger charge is 2.49. The Kier molecular flexibility index (Phi) is 4.25. The molecule has 0 aromatic heterocycles. The average Bonchev–Trinajstić information content (AvgIpc) is 2.64. The van der Waals surface area contributed by atoms with E-state index in [2.05, 4.69) is 20.8 Å². The molecule has 1 aromatic carbocycles. The molecular weight excluding hydrogens is 309 g/mol. The fourth-order valence-corrected chi connectivity index (χ4v) is 9.27. The Balaban J connectivity index is 2.39. The first-order valence-electron chi connectivity index (χ1n) is 6.41. The molecule has 3 nitrogen and oxygen atoms in total. The van der Waals surface area contributed by atoms with E-state index in [-0.39, 0.29) is 10.7 Å². The smallest absolute Gasteiger partial charge is 0.255 e. The van der Waals surface area contributed by atoms with E-state index >= 15 is 0 Å². The van der Waals surface area contributed by atoms with Crippen molar-refractivity contribution in [3.63, 3.8) is 0 Å². The molecule has 1 aromatic rings. The van der Waals surface area contributed by atoms with E-state index in [0.29, 0.717) is 0 Å². The van der Waals surface area contributed by atoms with Crippen LogP contribution in [0.1, 0.15) is 20.8 Å². The van der Waals surface area contributed by atoms with E-state index in [1.165, 1.54) is 11.4 Å². The summed E-state index contributed by atoms with van der Waals surface area (Å²) >= 11 is 7.02. The first kappa shape index (κ1) is 15.9. The van der Waals surface area contributed by atoms with Crippen LogP contribution in [0, 0.1) is 5.41 Å². The normalized spacial score (nSPS) is 26.9. The van der Waals surface area contributed by atoms with E-state index in [1.54, 1.807) is 11.8 Å². The van der Waals surface area contributed by atoms with Gasteiger partial charge in [0.15, 0.2) is 0 Å². The van der Waals surface area contributed by atoms with E-state index in [0.717, 1.165) is 16.0 Å². The van der Waals surface area contributed by atoms with Crippen molar-refractivity contribution in [1.29, 1.82) is 0 Å². The lowest BCUT2D eigenvalue weighted by Gasteiger charge is -2.25. The lowest BCUT2D eigenvalue weighted by molar-refractivity contribution is 0.415. The molecule has 1 saturated heterocycles. The van der Waals surface area contributed by atoms with Gasteiger partial charge in [-0.2, -0.15) is 0 Å². The summed E-state index contributed by atoms with van der Waals surface area (Å²) in [4.78, 5) is 0.779. The topological polar surface area (TPSA) is 29.5 Å². The molecule has 0 N–H and O–H groups in total. The van der Waals surface area contributed by atoms with Crippen LogP contribution >= 0.6 is 30.1 Å². The van der Waals surface area contributed by atoms with Crippen molar-refractivity contribution in [2.45, 2.75) is 26.0 Å². The molecule has 1 aliphatic heterocycles. The summed E-state index contributed by atoms with van der Waals surface area (Å²) in [7, 11) is 3.46. The molecule has 0 unspecified atom stereocenters. The largest absolute Gasteiger partial charge is 0.497 e. The summed E-state index contributed by atoms with van der Waals surface area (Å²) in [6, 6.07) is 7.43. The maximum atomic E-state index is 13.4. The van der Waals surface area contributed by atoms with Gasteiger partial charge in [-0.15, -0.1) is 0 Å². The second kappa shape index (κ2) is 5.36. The molecule has 1 heterocycles. The number of thiocarbonyl (C=S) groups is 1. The van der Waals surface area contributed by atoms with Gasteiger partial charge in [0.1, 0.15) is 5.75 Å². The summed E-state index contributed by atoms with van der Waals surface area (Å²) in [6.45, 7) is 3.70. The van der Waals surface area contributed by atoms with Crippen molar-refractivity contribution in [2.24, 2.45) is 5.41 Å². The quantitative estimate of drug-likeness (QED) is 0.606. The summed E-state index contributed by atoms with van der Waals surface area (Å²) in [5.41, 5.74) is -0.00532. The van der Waals surface area contributed by atoms with Crippen LogP contribution < -0.4 is 10.0 Å². The van der Waals surface area contributed by atoms with Gasteiger partial charge in [-0.05, 0) is 29.7 Å². The second-order valence-corrected chi connectivity index (χ2v) is 11.3.